The summed E-state index contributed by atoms with van der Waals surface area (Å²) in [7, 11) is 4.81. The normalized spacial score (nSPS) is 12.5. The maximum Gasteiger partial charge on any atom is 0.387 e. The lowest BCUT2D eigenvalue weighted by molar-refractivity contribution is -0.127. The van der Waals surface area contributed by atoms with Gasteiger partial charge in [0.25, 0.3) is 0 Å². The number of nitrogens with one attached hydrogen (secondary N) is 2. The number of nitrogens with zero attached hydrogens (tertiary/aromatic N) is 2. The van der Waals surface area contributed by atoms with Crippen molar-refractivity contribution in [2.75, 3.05) is 27.7 Å². The molecule has 1 aromatic rings. The molecule has 7 nitrogen and oxygen atoms in total. The second-order valence-electron chi connectivity index (χ2n) is 6.11. The van der Waals surface area contributed by atoms with Gasteiger partial charge in [-0.25, -0.2) is 4.99 Å². The van der Waals surface area contributed by atoms with Gasteiger partial charge >= 0.3 is 6.61 Å². The molecule has 2 N–H and O–H groups in total. The first-order chi connectivity index (χ1) is 12.8. The SMILES string of the molecule is CCC(C)NC(=NCc1cc(OC)ccc1OC(F)F)NCC(=O)N(C)C. The fourth-order valence-electron chi connectivity index (χ4n) is 1.99. The molecule has 0 bridgehead atoms. The minimum Gasteiger partial charge on any atom is -0.497 e. The summed E-state index contributed by atoms with van der Waals surface area (Å²) in [5.41, 5.74) is 0.443. The molecule has 0 heterocycles. The number of guanidine groups is 1. The van der Waals surface area contributed by atoms with Crippen LogP contribution in [0.1, 0.15) is 25.8 Å². The Hall–Kier alpha value is -2.58. The molecule has 152 valence electrons. The van der Waals surface area contributed by atoms with Gasteiger partial charge in [-0.15, -0.1) is 0 Å². The fraction of sp³-hybridized carbons (Fsp3) is 0.556. The minimum atomic E-state index is -2.94. The Morgan fingerprint density at radius 3 is 2.59 bits per heavy atom. The van der Waals surface area contributed by atoms with E-state index in [0.717, 1.165) is 6.42 Å². The van der Waals surface area contributed by atoms with Crippen molar-refractivity contribution in [3.63, 3.8) is 0 Å². The number of ether oxygens (including phenoxy) is 2. The van der Waals surface area contributed by atoms with E-state index in [0.29, 0.717) is 17.3 Å². The molecule has 9 heteroatoms. The zero-order chi connectivity index (χ0) is 20.4. The Morgan fingerprint density at radius 2 is 2.04 bits per heavy atom. The van der Waals surface area contributed by atoms with Crippen LogP contribution in [0.3, 0.4) is 0 Å². The van der Waals surface area contributed by atoms with E-state index in [-0.39, 0.29) is 30.8 Å². The number of methoxy groups -OCH3 is 1. The topological polar surface area (TPSA) is 75.2 Å². The fourth-order valence-corrected chi connectivity index (χ4v) is 1.99. The van der Waals surface area contributed by atoms with Gasteiger partial charge in [0.1, 0.15) is 11.5 Å². The van der Waals surface area contributed by atoms with Crippen LogP contribution < -0.4 is 20.1 Å². The van der Waals surface area contributed by atoms with E-state index >= 15 is 0 Å². The molecule has 1 unspecified atom stereocenters. The van der Waals surface area contributed by atoms with Crippen LogP contribution in [0.2, 0.25) is 0 Å². The average molecular weight is 386 g/mol. The number of rotatable bonds is 9. The first kappa shape index (κ1) is 22.5. The van der Waals surface area contributed by atoms with Gasteiger partial charge in [0.2, 0.25) is 5.91 Å². The second-order valence-corrected chi connectivity index (χ2v) is 6.11. The highest BCUT2D eigenvalue weighted by Crippen LogP contribution is 2.26. The third-order valence-electron chi connectivity index (χ3n) is 3.79. The van der Waals surface area contributed by atoms with Crippen LogP contribution in [0.4, 0.5) is 8.78 Å². The van der Waals surface area contributed by atoms with Gasteiger partial charge in [-0.2, -0.15) is 8.78 Å². The number of amides is 1. The van der Waals surface area contributed by atoms with Crippen LogP contribution in [0.5, 0.6) is 11.5 Å². The van der Waals surface area contributed by atoms with Crippen LogP contribution in [-0.4, -0.2) is 57.2 Å². The van der Waals surface area contributed by atoms with Gasteiger partial charge in [0, 0.05) is 25.7 Å². The molecule has 27 heavy (non-hydrogen) atoms. The molecule has 0 spiro atoms. The molecule has 1 rings (SSSR count). The standard InChI is InChI=1S/C18H28F2N4O3/c1-6-12(2)23-18(22-11-16(25)24(3)4)21-10-13-9-14(26-5)7-8-15(13)27-17(19)20/h7-9,12,17H,6,10-11H2,1-5H3,(H2,21,22,23). The molecular formula is C18H28F2N4O3. The predicted octanol–water partition coefficient (Wildman–Crippen LogP) is 2.22. The monoisotopic (exact) mass is 386 g/mol. The van der Waals surface area contributed by atoms with Gasteiger partial charge in [0.15, 0.2) is 5.96 Å². The van der Waals surface area contributed by atoms with Gasteiger partial charge in [-0.05, 0) is 31.5 Å². The first-order valence-corrected chi connectivity index (χ1v) is 8.63. The summed E-state index contributed by atoms with van der Waals surface area (Å²) in [6.07, 6.45) is 0.848. The van der Waals surface area contributed by atoms with Crippen molar-refractivity contribution in [2.24, 2.45) is 4.99 Å². The van der Waals surface area contributed by atoms with Crippen molar-refractivity contribution < 1.29 is 23.0 Å². The van der Waals surface area contributed by atoms with Crippen molar-refractivity contribution in [1.82, 2.24) is 15.5 Å². The Kier molecular flexibility index (Phi) is 9.32. The van der Waals surface area contributed by atoms with E-state index in [4.69, 9.17) is 4.74 Å². The van der Waals surface area contributed by atoms with E-state index in [1.54, 1.807) is 20.2 Å². The number of alkyl halides is 2. The zero-order valence-electron chi connectivity index (χ0n) is 16.4. The highest BCUT2D eigenvalue weighted by atomic mass is 19.3. The summed E-state index contributed by atoms with van der Waals surface area (Å²) in [5.74, 6) is 0.831. The summed E-state index contributed by atoms with van der Waals surface area (Å²) < 4.78 is 34.9. The smallest absolute Gasteiger partial charge is 0.387 e. The molecule has 0 radical (unpaired) electrons. The molecule has 1 amide bonds. The lowest BCUT2D eigenvalue weighted by atomic mass is 10.2. The Labute approximate surface area is 158 Å². The second kappa shape index (κ2) is 11.2. The van der Waals surface area contributed by atoms with Gasteiger partial charge in [-0.3, -0.25) is 4.79 Å². The molecule has 0 aliphatic heterocycles. The highest BCUT2D eigenvalue weighted by molar-refractivity contribution is 5.86. The number of likely N-dealkylation sites (N-methyl/N-ethyl adjacent to an activating group) is 1. The number of halogens is 2. The summed E-state index contributed by atoms with van der Waals surface area (Å²) in [6.45, 7) is 1.18. The van der Waals surface area contributed by atoms with E-state index < -0.39 is 6.61 Å². The number of hydrogen-bond donors (Lipinski definition) is 2. The third-order valence-corrected chi connectivity index (χ3v) is 3.79. The average Bonchev–Trinajstić information content (AvgIpc) is 2.63. The maximum absolute atomic E-state index is 12.6. The van der Waals surface area contributed by atoms with E-state index in [2.05, 4.69) is 20.4 Å². The van der Waals surface area contributed by atoms with E-state index in [1.165, 1.54) is 24.1 Å². The molecule has 0 saturated heterocycles. The van der Waals surface area contributed by atoms with Crippen LogP contribution in [0.15, 0.2) is 23.2 Å². The Balaban J connectivity index is 3.00. The largest absolute Gasteiger partial charge is 0.497 e. The maximum atomic E-state index is 12.6. The van der Waals surface area contributed by atoms with Crippen molar-refractivity contribution in [3.8, 4) is 11.5 Å². The molecule has 0 fully saturated rings. The number of benzene rings is 1. The third kappa shape index (κ3) is 8.10. The lowest BCUT2D eigenvalue weighted by Gasteiger charge is -2.18. The summed E-state index contributed by atoms with van der Waals surface area (Å²) in [6, 6.07) is 4.66. The summed E-state index contributed by atoms with van der Waals surface area (Å²) >= 11 is 0. The molecule has 1 aromatic carbocycles. The van der Waals surface area contributed by atoms with Crippen LogP contribution in [0, 0.1) is 0 Å². The van der Waals surface area contributed by atoms with Crippen molar-refractivity contribution in [3.05, 3.63) is 23.8 Å². The molecule has 0 aliphatic carbocycles. The van der Waals surface area contributed by atoms with Gasteiger partial charge < -0.3 is 25.0 Å². The molecule has 0 aromatic heterocycles. The van der Waals surface area contributed by atoms with Crippen LogP contribution in [0.25, 0.3) is 0 Å². The number of hydrogen-bond acceptors (Lipinski definition) is 4. The van der Waals surface area contributed by atoms with Gasteiger partial charge in [-0.1, -0.05) is 6.92 Å². The Morgan fingerprint density at radius 1 is 1.33 bits per heavy atom. The quantitative estimate of drug-likeness (QED) is 0.503. The van der Waals surface area contributed by atoms with Crippen LogP contribution in [-0.2, 0) is 11.3 Å². The summed E-state index contributed by atoms with van der Waals surface area (Å²) in [5, 5.41) is 6.12. The molecule has 1 atom stereocenters. The zero-order valence-corrected chi connectivity index (χ0v) is 16.4. The molecule has 0 saturated carbocycles. The van der Waals surface area contributed by atoms with E-state index in [9.17, 15) is 13.6 Å². The lowest BCUT2D eigenvalue weighted by Crippen LogP contribution is -2.45. The van der Waals surface area contributed by atoms with Crippen molar-refractivity contribution in [2.45, 2.75) is 39.5 Å². The number of carbonyl (C=O) groups excluding carboxylic acids is 1. The van der Waals surface area contributed by atoms with Gasteiger partial charge in [0.05, 0.1) is 20.2 Å². The van der Waals surface area contributed by atoms with E-state index in [1.807, 2.05) is 13.8 Å². The molecular weight excluding hydrogens is 358 g/mol. The number of carbonyl (C=O) groups is 1. The Bertz CT molecular complexity index is 639. The predicted molar refractivity (Wildman–Crippen MR) is 100 cm³/mol. The van der Waals surface area contributed by atoms with Crippen molar-refractivity contribution in [1.29, 1.82) is 0 Å². The molecule has 0 aliphatic rings. The van der Waals surface area contributed by atoms with Crippen LogP contribution >= 0.6 is 0 Å². The number of aliphatic imine (C=N–C) groups is 1. The minimum absolute atomic E-state index is 0.0295. The highest BCUT2D eigenvalue weighted by Gasteiger charge is 2.12. The summed E-state index contributed by atoms with van der Waals surface area (Å²) in [4.78, 5) is 17.7. The first-order valence-electron chi connectivity index (χ1n) is 8.63. The van der Waals surface area contributed by atoms with Crippen molar-refractivity contribution >= 4 is 11.9 Å².